The normalized spacial score (nSPS) is 14.3. The number of nitrogens with zero attached hydrogens (tertiary/aromatic N) is 2. The Balaban J connectivity index is 1.51. The SMILES string of the molecule is COc1cc(NC(=O)N2CC(Cc3ccccc3Br)C2)ccn1. The molecule has 1 saturated heterocycles. The summed E-state index contributed by atoms with van der Waals surface area (Å²) in [5.41, 5.74) is 1.98. The van der Waals surface area contributed by atoms with Gasteiger partial charge in [-0.1, -0.05) is 34.1 Å². The van der Waals surface area contributed by atoms with Gasteiger partial charge in [0.2, 0.25) is 5.88 Å². The zero-order chi connectivity index (χ0) is 16.2. The van der Waals surface area contributed by atoms with Crippen LogP contribution in [0, 0.1) is 5.92 Å². The van der Waals surface area contributed by atoms with Gasteiger partial charge >= 0.3 is 6.03 Å². The van der Waals surface area contributed by atoms with Crippen molar-refractivity contribution < 1.29 is 9.53 Å². The molecular weight excluding hydrogens is 358 g/mol. The lowest BCUT2D eigenvalue weighted by Crippen LogP contribution is -2.52. The molecule has 2 heterocycles. The fraction of sp³-hybridized carbons (Fsp3) is 0.294. The fourth-order valence-electron chi connectivity index (χ4n) is 2.64. The summed E-state index contributed by atoms with van der Waals surface area (Å²) in [5.74, 6) is 0.990. The van der Waals surface area contributed by atoms with E-state index in [4.69, 9.17) is 4.74 Å². The van der Waals surface area contributed by atoms with Gasteiger partial charge in [-0.25, -0.2) is 9.78 Å². The molecule has 0 aliphatic carbocycles. The average Bonchev–Trinajstić information content (AvgIpc) is 2.52. The van der Waals surface area contributed by atoms with Gasteiger partial charge in [0.15, 0.2) is 0 Å². The van der Waals surface area contributed by atoms with Crippen molar-refractivity contribution in [2.45, 2.75) is 6.42 Å². The third kappa shape index (κ3) is 3.82. The first-order chi connectivity index (χ1) is 11.2. The zero-order valence-corrected chi connectivity index (χ0v) is 14.4. The molecular formula is C17H18BrN3O2. The molecule has 3 rings (SSSR count). The highest BCUT2D eigenvalue weighted by molar-refractivity contribution is 9.10. The molecule has 6 heteroatoms. The largest absolute Gasteiger partial charge is 0.481 e. The maximum atomic E-state index is 12.2. The Morgan fingerprint density at radius 1 is 1.39 bits per heavy atom. The van der Waals surface area contributed by atoms with Crippen LogP contribution in [0.5, 0.6) is 5.88 Å². The molecule has 1 N–H and O–H groups in total. The van der Waals surface area contributed by atoms with Gasteiger partial charge in [-0.2, -0.15) is 0 Å². The van der Waals surface area contributed by atoms with E-state index in [0.717, 1.165) is 24.0 Å². The predicted molar refractivity (Wildman–Crippen MR) is 92.7 cm³/mol. The summed E-state index contributed by atoms with van der Waals surface area (Å²) < 4.78 is 6.18. The number of carbonyl (C=O) groups excluding carboxylic acids is 1. The Kier molecular flexibility index (Phi) is 4.81. The minimum Gasteiger partial charge on any atom is -0.481 e. The molecule has 0 atom stereocenters. The summed E-state index contributed by atoms with van der Waals surface area (Å²) >= 11 is 3.57. The lowest BCUT2D eigenvalue weighted by atomic mass is 9.92. The van der Waals surface area contributed by atoms with E-state index in [9.17, 15) is 4.79 Å². The molecule has 1 aliphatic rings. The standard InChI is InChI=1S/C17H18BrN3O2/c1-23-16-9-14(6-7-19-16)20-17(22)21-10-12(11-21)8-13-4-2-3-5-15(13)18/h2-7,9,12H,8,10-11H2,1H3,(H,19,20,22). The van der Waals surface area contributed by atoms with Crippen LogP contribution in [0.2, 0.25) is 0 Å². The van der Waals surface area contributed by atoms with Crippen LogP contribution >= 0.6 is 15.9 Å². The number of likely N-dealkylation sites (tertiary alicyclic amines) is 1. The number of urea groups is 1. The molecule has 0 bridgehead atoms. The number of carbonyl (C=O) groups is 1. The van der Waals surface area contributed by atoms with Crippen molar-refractivity contribution in [1.29, 1.82) is 0 Å². The Hall–Kier alpha value is -2.08. The predicted octanol–water partition coefficient (Wildman–Crippen LogP) is 3.56. The van der Waals surface area contributed by atoms with E-state index in [2.05, 4.69) is 38.4 Å². The fourth-order valence-corrected chi connectivity index (χ4v) is 3.09. The van der Waals surface area contributed by atoms with Crippen LogP contribution in [0.15, 0.2) is 47.1 Å². The number of rotatable bonds is 4. The van der Waals surface area contributed by atoms with Gasteiger partial charge in [-0.05, 0) is 30.0 Å². The third-order valence-corrected chi connectivity index (χ3v) is 4.68. The molecule has 2 aromatic rings. The molecule has 0 saturated carbocycles. The highest BCUT2D eigenvalue weighted by Gasteiger charge is 2.31. The number of methoxy groups -OCH3 is 1. The number of amides is 2. The number of ether oxygens (including phenoxy) is 1. The number of benzene rings is 1. The zero-order valence-electron chi connectivity index (χ0n) is 12.8. The number of hydrogen-bond donors (Lipinski definition) is 1. The van der Waals surface area contributed by atoms with Crippen LogP contribution in [0.4, 0.5) is 10.5 Å². The summed E-state index contributed by atoms with van der Waals surface area (Å²) in [4.78, 5) is 18.0. The summed E-state index contributed by atoms with van der Waals surface area (Å²) in [7, 11) is 1.55. The smallest absolute Gasteiger partial charge is 0.321 e. The third-order valence-electron chi connectivity index (χ3n) is 3.91. The Labute approximate surface area is 143 Å². The van der Waals surface area contributed by atoms with Crippen molar-refractivity contribution in [1.82, 2.24) is 9.88 Å². The van der Waals surface area contributed by atoms with Crippen LogP contribution in [0.1, 0.15) is 5.56 Å². The summed E-state index contributed by atoms with van der Waals surface area (Å²) in [5, 5.41) is 2.87. The molecule has 0 spiro atoms. The van der Waals surface area contributed by atoms with Crippen LogP contribution in [0.3, 0.4) is 0 Å². The minimum absolute atomic E-state index is 0.0818. The van der Waals surface area contributed by atoms with Gasteiger partial charge in [-0.15, -0.1) is 0 Å². The summed E-state index contributed by atoms with van der Waals surface area (Å²) in [6, 6.07) is 11.6. The maximum absolute atomic E-state index is 12.2. The van der Waals surface area contributed by atoms with Crippen LogP contribution in [0.25, 0.3) is 0 Å². The molecule has 1 aromatic heterocycles. The highest BCUT2D eigenvalue weighted by atomic mass is 79.9. The molecule has 120 valence electrons. The molecule has 1 aliphatic heterocycles. The number of hydrogen-bond acceptors (Lipinski definition) is 3. The lowest BCUT2D eigenvalue weighted by molar-refractivity contribution is 0.131. The molecule has 1 fully saturated rings. The number of anilines is 1. The van der Waals surface area contributed by atoms with E-state index < -0.39 is 0 Å². The monoisotopic (exact) mass is 375 g/mol. The van der Waals surface area contributed by atoms with Crippen molar-refractivity contribution in [2.75, 3.05) is 25.5 Å². The van der Waals surface area contributed by atoms with Gasteiger partial charge in [0.25, 0.3) is 0 Å². The van der Waals surface area contributed by atoms with E-state index in [0.29, 0.717) is 17.5 Å². The molecule has 1 aromatic carbocycles. The van der Waals surface area contributed by atoms with Crippen molar-refractivity contribution in [3.05, 3.63) is 52.6 Å². The second-order valence-corrected chi connectivity index (χ2v) is 6.44. The van der Waals surface area contributed by atoms with E-state index >= 15 is 0 Å². The van der Waals surface area contributed by atoms with Gasteiger partial charge in [0.05, 0.1) is 7.11 Å². The summed E-state index contributed by atoms with van der Waals surface area (Å²) in [6.45, 7) is 1.55. The van der Waals surface area contributed by atoms with Gasteiger partial charge < -0.3 is 15.0 Å². The molecule has 0 radical (unpaired) electrons. The van der Waals surface area contributed by atoms with E-state index in [-0.39, 0.29) is 6.03 Å². The molecule has 5 nitrogen and oxygen atoms in total. The number of aromatic nitrogens is 1. The second kappa shape index (κ2) is 7.00. The second-order valence-electron chi connectivity index (χ2n) is 5.58. The first-order valence-corrected chi connectivity index (χ1v) is 8.24. The maximum Gasteiger partial charge on any atom is 0.321 e. The minimum atomic E-state index is -0.0818. The quantitative estimate of drug-likeness (QED) is 0.888. The van der Waals surface area contributed by atoms with Crippen LogP contribution in [-0.4, -0.2) is 36.1 Å². The van der Waals surface area contributed by atoms with Gasteiger partial charge in [0, 0.05) is 35.5 Å². The van der Waals surface area contributed by atoms with Crippen molar-refractivity contribution in [2.24, 2.45) is 5.92 Å². The van der Waals surface area contributed by atoms with E-state index in [1.54, 1.807) is 25.4 Å². The van der Waals surface area contributed by atoms with Gasteiger partial charge in [0.1, 0.15) is 0 Å². The Bertz CT molecular complexity index is 702. The Morgan fingerprint density at radius 3 is 2.91 bits per heavy atom. The van der Waals surface area contributed by atoms with Crippen LogP contribution in [-0.2, 0) is 6.42 Å². The first-order valence-electron chi connectivity index (χ1n) is 7.45. The topological polar surface area (TPSA) is 54.5 Å². The Morgan fingerprint density at radius 2 is 2.17 bits per heavy atom. The highest BCUT2D eigenvalue weighted by Crippen LogP contribution is 2.25. The first kappa shape index (κ1) is 15.8. The average molecular weight is 376 g/mol. The van der Waals surface area contributed by atoms with Crippen LogP contribution < -0.4 is 10.1 Å². The number of halogens is 1. The van der Waals surface area contributed by atoms with Crippen molar-refractivity contribution in [3.63, 3.8) is 0 Å². The lowest BCUT2D eigenvalue weighted by Gasteiger charge is -2.39. The summed E-state index contributed by atoms with van der Waals surface area (Å²) in [6.07, 6.45) is 2.59. The molecule has 0 unspecified atom stereocenters. The number of nitrogens with one attached hydrogen (secondary N) is 1. The van der Waals surface area contributed by atoms with E-state index in [1.807, 2.05) is 17.0 Å². The van der Waals surface area contributed by atoms with Gasteiger partial charge in [-0.3, -0.25) is 0 Å². The van der Waals surface area contributed by atoms with Crippen molar-refractivity contribution in [3.8, 4) is 5.88 Å². The van der Waals surface area contributed by atoms with E-state index in [1.165, 1.54) is 5.56 Å². The molecule has 23 heavy (non-hydrogen) atoms. The van der Waals surface area contributed by atoms with Crippen molar-refractivity contribution >= 4 is 27.6 Å². The number of pyridine rings is 1. The molecule has 2 amide bonds.